The van der Waals surface area contributed by atoms with Crippen molar-refractivity contribution >= 4 is 10.9 Å². The van der Waals surface area contributed by atoms with Gasteiger partial charge in [-0.25, -0.2) is 0 Å². The fourth-order valence-corrected chi connectivity index (χ4v) is 5.33. The van der Waals surface area contributed by atoms with Gasteiger partial charge in [0.15, 0.2) is 0 Å². The topological polar surface area (TPSA) is 3.88 Å². The van der Waals surface area contributed by atoms with Crippen LogP contribution in [0.25, 0.3) is 22.2 Å². The summed E-state index contributed by atoms with van der Waals surface area (Å²) in [5.74, 6) is 0. The molecule has 1 nitrogen and oxygen atoms in total. The second-order valence-electron chi connectivity index (χ2n) is 10.2. The Labute approximate surface area is 182 Å². The van der Waals surface area contributed by atoms with E-state index in [1.165, 1.54) is 23.6 Å². The van der Waals surface area contributed by atoms with Crippen molar-refractivity contribution < 1.29 is 17.7 Å². The van der Waals surface area contributed by atoms with E-state index in [-0.39, 0.29) is 6.42 Å². The van der Waals surface area contributed by atoms with E-state index >= 15 is 0 Å². The summed E-state index contributed by atoms with van der Waals surface area (Å²) in [6, 6.07) is 12.3. The Kier molecular flexibility index (Phi) is 4.81. The van der Waals surface area contributed by atoms with Crippen LogP contribution in [0.2, 0.25) is 0 Å². The summed E-state index contributed by atoms with van der Waals surface area (Å²) < 4.78 is 45.2. The molecule has 1 atom stereocenters. The third-order valence-electron chi connectivity index (χ3n) is 7.87. The number of hydrogen-bond donors (Lipinski definition) is 0. The zero-order valence-electron chi connectivity index (χ0n) is 19.5. The molecule has 3 aromatic rings. The second kappa shape index (κ2) is 6.82. The van der Waals surface area contributed by atoms with Crippen LogP contribution in [0.3, 0.4) is 0 Å². The van der Waals surface area contributed by atoms with Gasteiger partial charge in [0.1, 0.15) is 7.05 Å². The quantitative estimate of drug-likeness (QED) is 0.371. The van der Waals surface area contributed by atoms with Gasteiger partial charge in [-0.1, -0.05) is 44.5 Å². The number of alkyl halides is 3. The summed E-state index contributed by atoms with van der Waals surface area (Å²) in [6.07, 6.45) is -3.90. The Morgan fingerprint density at radius 2 is 1.58 bits per heavy atom. The first-order valence-electron chi connectivity index (χ1n) is 10.9. The van der Waals surface area contributed by atoms with E-state index in [9.17, 15) is 13.2 Å². The third kappa shape index (κ3) is 3.18. The van der Waals surface area contributed by atoms with E-state index in [1.807, 2.05) is 25.2 Å². The molecule has 4 heteroatoms. The van der Waals surface area contributed by atoms with Crippen molar-refractivity contribution in [3.05, 3.63) is 64.2 Å². The standard InChI is InChI=1S/C27H31F3N/c1-16-11-17(2)18(3)21(12-16)23-13-20-14-25(4,5)26(6,27(28,29)30)15-19-9-8-10-22(24(19)20)31(23)7/h8-13H,14-15H2,1-7H3/q+1. The Balaban J connectivity index is 2.06. The summed E-state index contributed by atoms with van der Waals surface area (Å²) in [5.41, 5.74) is 5.85. The summed E-state index contributed by atoms with van der Waals surface area (Å²) in [6.45, 7) is 11.2. The molecule has 4 rings (SSSR count). The van der Waals surface area contributed by atoms with Crippen LogP contribution >= 0.6 is 0 Å². The monoisotopic (exact) mass is 426 g/mol. The average Bonchev–Trinajstić information content (AvgIpc) is 2.74. The number of aryl methyl sites for hydroxylation is 3. The zero-order valence-corrected chi connectivity index (χ0v) is 19.5. The third-order valence-corrected chi connectivity index (χ3v) is 7.87. The van der Waals surface area contributed by atoms with Gasteiger partial charge in [-0.05, 0) is 67.3 Å². The lowest BCUT2D eigenvalue weighted by molar-refractivity contribution is -0.633. The predicted octanol–water partition coefficient (Wildman–Crippen LogP) is 6.95. The molecule has 0 saturated heterocycles. The van der Waals surface area contributed by atoms with Gasteiger partial charge in [0.2, 0.25) is 11.2 Å². The van der Waals surface area contributed by atoms with E-state index in [0.29, 0.717) is 6.42 Å². The summed E-state index contributed by atoms with van der Waals surface area (Å²) in [4.78, 5) is 0. The number of halogens is 3. The van der Waals surface area contributed by atoms with Crippen LogP contribution in [0.15, 0.2) is 36.4 Å². The lowest BCUT2D eigenvalue weighted by atomic mass is 9.62. The van der Waals surface area contributed by atoms with Gasteiger partial charge >= 0.3 is 6.18 Å². The summed E-state index contributed by atoms with van der Waals surface area (Å²) in [7, 11) is 2.02. The van der Waals surface area contributed by atoms with E-state index in [0.717, 1.165) is 33.3 Å². The molecule has 0 spiro atoms. The highest BCUT2D eigenvalue weighted by molar-refractivity contribution is 5.86. The van der Waals surface area contributed by atoms with Crippen LogP contribution in [0, 0.1) is 31.6 Å². The summed E-state index contributed by atoms with van der Waals surface area (Å²) >= 11 is 0. The molecule has 2 aromatic carbocycles. The van der Waals surface area contributed by atoms with E-state index in [1.54, 1.807) is 13.8 Å². The lowest BCUT2D eigenvalue weighted by Gasteiger charge is -2.44. The first-order chi connectivity index (χ1) is 14.3. The van der Waals surface area contributed by atoms with Crippen molar-refractivity contribution in [2.45, 2.75) is 60.6 Å². The van der Waals surface area contributed by atoms with Gasteiger partial charge in [-0.2, -0.15) is 17.7 Å². The molecular formula is C27H31F3N+. The second-order valence-corrected chi connectivity index (χ2v) is 10.2. The molecule has 0 saturated carbocycles. The molecule has 164 valence electrons. The van der Waals surface area contributed by atoms with Crippen molar-refractivity contribution in [1.82, 2.24) is 0 Å². The first kappa shape index (κ1) is 21.9. The molecule has 31 heavy (non-hydrogen) atoms. The number of aromatic nitrogens is 1. The van der Waals surface area contributed by atoms with Crippen LogP contribution in [0.5, 0.6) is 0 Å². The highest BCUT2D eigenvalue weighted by Gasteiger charge is 2.60. The maximum absolute atomic E-state index is 14.4. The van der Waals surface area contributed by atoms with Crippen molar-refractivity contribution in [3.63, 3.8) is 0 Å². The molecule has 0 N–H and O–H groups in total. The number of rotatable bonds is 1. The number of benzene rings is 2. The molecule has 0 radical (unpaired) electrons. The van der Waals surface area contributed by atoms with Gasteiger partial charge < -0.3 is 0 Å². The van der Waals surface area contributed by atoms with Crippen LogP contribution in [0.4, 0.5) is 13.2 Å². The van der Waals surface area contributed by atoms with Crippen molar-refractivity contribution in [1.29, 1.82) is 0 Å². The molecule has 1 unspecified atom stereocenters. The van der Waals surface area contributed by atoms with Crippen LogP contribution in [0.1, 0.15) is 48.6 Å². The van der Waals surface area contributed by atoms with E-state index < -0.39 is 17.0 Å². The Morgan fingerprint density at radius 3 is 2.23 bits per heavy atom. The van der Waals surface area contributed by atoms with Crippen molar-refractivity contribution in [2.24, 2.45) is 17.9 Å². The van der Waals surface area contributed by atoms with E-state index in [2.05, 4.69) is 43.5 Å². The molecular weight excluding hydrogens is 395 g/mol. The maximum atomic E-state index is 14.4. The number of hydrogen-bond acceptors (Lipinski definition) is 0. The van der Waals surface area contributed by atoms with Gasteiger partial charge in [0, 0.05) is 17.7 Å². The van der Waals surface area contributed by atoms with Gasteiger partial charge in [-0.15, -0.1) is 0 Å². The minimum absolute atomic E-state index is 0.00420. The van der Waals surface area contributed by atoms with Crippen LogP contribution in [-0.4, -0.2) is 6.18 Å². The van der Waals surface area contributed by atoms with Crippen LogP contribution < -0.4 is 4.57 Å². The molecule has 1 aromatic heterocycles. The minimum Gasteiger partial charge on any atom is -0.194 e. The maximum Gasteiger partial charge on any atom is 0.395 e. The molecule has 1 aliphatic rings. The molecule has 0 fully saturated rings. The summed E-state index contributed by atoms with van der Waals surface area (Å²) in [5, 5.41) is 0.983. The fraction of sp³-hybridized carbons (Fsp3) is 0.444. The predicted molar refractivity (Wildman–Crippen MR) is 120 cm³/mol. The van der Waals surface area contributed by atoms with Crippen molar-refractivity contribution in [3.8, 4) is 11.3 Å². The Hall–Kier alpha value is -2.36. The Morgan fingerprint density at radius 1 is 0.903 bits per heavy atom. The van der Waals surface area contributed by atoms with Crippen LogP contribution in [-0.2, 0) is 19.9 Å². The smallest absolute Gasteiger partial charge is 0.194 e. The molecule has 0 amide bonds. The van der Waals surface area contributed by atoms with Crippen molar-refractivity contribution in [2.75, 3.05) is 0 Å². The molecule has 1 heterocycles. The molecule has 1 aliphatic carbocycles. The average molecular weight is 427 g/mol. The lowest BCUT2D eigenvalue weighted by Crippen LogP contribution is -2.49. The Bertz CT molecular complexity index is 1200. The minimum atomic E-state index is -4.28. The van der Waals surface area contributed by atoms with Gasteiger partial charge in [-0.3, -0.25) is 0 Å². The molecule has 0 bridgehead atoms. The highest BCUT2D eigenvalue weighted by Crippen LogP contribution is 2.56. The number of nitrogens with zero attached hydrogens (tertiary/aromatic N) is 1. The SMILES string of the molecule is Cc1cc(C)c(C)c(-c2cc3c4c(cccc4[n+]2C)CC(C)(C(F)(F)F)C(C)(C)C3)c1. The normalized spacial score (nSPS) is 20.7. The first-order valence-corrected chi connectivity index (χ1v) is 10.9. The number of pyridine rings is 1. The largest absolute Gasteiger partial charge is 0.395 e. The van der Waals surface area contributed by atoms with E-state index in [4.69, 9.17) is 0 Å². The van der Waals surface area contributed by atoms with Gasteiger partial charge in [0.05, 0.1) is 10.8 Å². The zero-order chi connectivity index (χ0) is 22.9. The molecule has 0 aliphatic heterocycles. The van der Waals surface area contributed by atoms with Gasteiger partial charge in [0.25, 0.3) is 0 Å². The highest BCUT2D eigenvalue weighted by atomic mass is 19.4. The fourth-order valence-electron chi connectivity index (χ4n) is 5.33.